The second-order valence-corrected chi connectivity index (χ2v) is 11.6. The van der Waals surface area contributed by atoms with Gasteiger partial charge in [0.15, 0.2) is 0 Å². The Hall–Kier alpha value is -5.20. The van der Waals surface area contributed by atoms with Crippen LogP contribution in [0.25, 0.3) is 16.8 Å². The number of benzene rings is 2. The van der Waals surface area contributed by atoms with Crippen molar-refractivity contribution in [1.29, 1.82) is 0 Å². The summed E-state index contributed by atoms with van der Waals surface area (Å²) < 4.78 is 29.5. The first-order valence-corrected chi connectivity index (χ1v) is 15.1. The molecule has 10 nitrogen and oxygen atoms in total. The van der Waals surface area contributed by atoms with Crippen LogP contribution < -0.4 is 16.0 Å². The molecule has 1 aliphatic heterocycles. The van der Waals surface area contributed by atoms with Gasteiger partial charge in [-0.05, 0) is 78.8 Å². The first kappa shape index (κ1) is 29.5. The number of amides is 2. The average Bonchev–Trinajstić information content (AvgIpc) is 3.50. The number of nitrogens with two attached hydrogens (primary N) is 1. The van der Waals surface area contributed by atoms with Crippen LogP contribution in [0.3, 0.4) is 0 Å². The van der Waals surface area contributed by atoms with E-state index in [-0.39, 0.29) is 35.1 Å². The van der Waals surface area contributed by atoms with Crippen LogP contribution in [0.2, 0.25) is 0 Å². The van der Waals surface area contributed by atoms with Crippen molar-refractivity contribution in [2.75, 3.05) is 4.90 Å². The topological polar surface area (TPSA) is 129 Å². The van der Waals surface area contributed by atoms with Crippen molar-refractivity contribution in [3.63, 3.8) is 0 Å². The summed E-state index contributed by atoms with van der Waals surface area (Å²) in [7, 11) is 0. The Morgan fingerprint density at radius 2 is 1.72 bits per heavy atom. The van der Waals surface area contributed by atoms with Crippen molar-refractivity contribution in [3.8, 4) is 11.1 Å². The molecular weight excluding hydrogens is 592 g/mol. The third-order valence-electron chi connectivity index (χ3n) is 8.70. The molecule has 0 bridgehead atoms. The second-order valence-electron chi connectivity index (χ2n) is 11.6. The molecule has 5 aromatic rings. The number of pyridine rings is 2. The number of hydrogen-bond donors (Lipinski definition) is 3. The van der Waals surface area contributed by atoms with E-state index in [0.717, 1.165) is 29.0 Å². The number of anilines is 2. The molecule has 0 saturated heterocycles. The number of nitrogens with one attached hydrogen (secondary N) is 1. The normalized spacial score (nSPS) is 19.7. The molecule has 4 heterocycles. The summed E-state index contributed by atoms with van der Waals surface area (Å²) in [5, 5.41) is 14.8. The number of carbonyl (C=O) groups excluding carboxylic acids is 2. The Morgan fingerprint density at radius 3 is 2.50 bits per heavy atom. The molecule has 1 aliphatic carbocycles. The zero-order chi connectivity index (χ0) is 31.9. The van der Waals surface area contributed by atoms with Gasteiger partial charge in [0, 0.05) is 36.7 Å². The molecule has 1 saturated carbocycles. The minimum absolute atomic E-state index is 0.0551. The van der Waals surface area contributed by atoms with Gasteiger partial charge in [0.1, 0.15) is 28.8 Å². The van der Waals surface area contributed by atoms with Crippen LogP contribution in [0.4, 0.5) is 20.3 Å². The van der Waals surface area contributed by atoms with Gasteiger partial charge in [0.2, 0.25) is 6.35 Å². The molecule has 12 heteroatoms. The number of aliphatic hydroxyl groups excluding tert-OH is 1. The molecular formula is C34H31F2N7O3. The quantitative estimate of drug-likeness (QED) is 0.249. The van der Waals surface area contributed by atoms with E-state index in [9.17, 15) is 23.5 Å². The van der Waals surface area contributed by atoms with Crippen molar-refractivity contribution in [1.82, 2.24) is 24.6 Å². The first-order valence-electron chi connectivity index (χ1n) is 15.1. The van der Waals surface area contributed by atoms with Gasteiger partial charge >= 0.3 is 0 Å². The maximum Gasteiger partial charge on any atom is 0.271 e. The molecule has 1 atom stereocenters. The lowest BCUT2D eigenvalue weighted by Gasteiger charge is -2.46. The highest BCUT2D eigenvalue weighted by atomic mass is 19.1. The van der Waals surface area contributed by atoms with Gasteiger partial charge in [-0.15, -0.1) is 0 Å². The van der Waals surface area contributed by atoms with Gasteiger partial charge in [0.05, 0.1) is 11.8 Å². The molecule has 4 N–H and O–H groups in total. The van der Waals surface area contributed by atoms with E-state index < -0.39 is 23.9 Å². The Kier molecular flexibility index (Phi) is 7.67. The summed E-state index contributed by atoms with van der Waals surface area (Å²) in [6, 6.07) is 18.7. The summed E-state index contributed by atoms with van der Waals surface area (Å²) in [6.45, 7) is 0.395. The summed E-state index contributed by atoms with van der Waals surface area (Å²) in [5.41, 5.74) is 9.90. The highest BCUT2D eigenvalue weighted by Crippen LogP contribution is 2.39. The van der Waals surface area contributed by atoms with E-state index in [1.807, 2.05) is 48.5 Å². The van der Waals surface area contributed by atoms with Crippen LogP contribution in [0.15, 0.2) is 85.3 Å². The number of nitrogens with zero attached hydrogens (tertiary/aromatic N) is 5. The molecule has 1 fully saturated rings. The molecule has 234 valence electrons. The summed E-state index contributed by atoms with van der Waals surface area (Å²) in [6.07, 6.45) is 4.41. The summed E-state index contributed by atoms with van der Waals surface area (Å²) in [5.74, 6) is -1.82. The van der Waals surface area contributed by atoms with Crippen LogP contribution in [0, 0.1) is 11.6 Å². The number of imidazole rings is 1. The van der Waals surface area contributed by atoms with Crippen LogP contribution >= 0.6 is 0 Å². The van der Waals surface area contributed by atoms with Crippen molar-refractivity contribution < 1.29 is 23.5 Å². The Labute approximate surface area is 263 Å². The van der Waals surface area contributed by atoms with Crippen molar-refractivity contribution >= 4 is 29.0 Å². The van der Waals surface area contributed by atoms with Crippen LogP contribution in [0.5, 0.6) is 0 Å². The molecule has 46 heavy (non-hydrogen) atoms. The predicted octanol–water partition coefficient (Wildman–Crippen LogP) is 4.74. The monoisotopic (exact) mass is 623 g/mol. The molecule has 0 radical (unpaired) electrons. The maximum absolute atomic E-state index is 14.4. The molecule has 1 unspecified atom stereocenters. The molecule has 7 rings (SSSR count). The number of halogens is 2. The van der Waals surface area contributed by atoms with Gasteiger partial charge in [-0.3, -0.25) is 19.4 Å². The number of hydrogen-bond acceptors (Lipinski definition) is 7. The lowest BCUT2D eigenvalue weighted by atomic mass is 9.89. The zero-order valence-electron chi connectivity index (χ0n) is 24.7. The minimum atomic E-state index is -1.40. The minimum Gasteiger partial charge on any atom is -0.356 e. The second kappa shape index (κ2) is 12.0. The van der Waals surface area contributed by atoms with Gasteiger partial charge in [0.25, 0.3) is 11.8 Å². The van der Waals surface area contributed by atoms with Crippen molar-refractivity contribution in [3.05, 3.63) is 114 Å². The standard InChI is InChI=1S/C34H31F2N7O3/c35-23-7-12-30-40-29(19-41(30)18-23)32(44)39-25-8-10-26(11-9-25)43-33(45)28-15-24(36)17-38-31(28)42(34(43)46)27-6-2-5-22(14-27)21-4-1-3-20(13-21)16-37/h1-7,12-15,17-19,25-26,34,46H,8-11,16,37H2,(H,39,44). The lowest BCUT2D eigenvalue weighted by molar-refractivity contribution is -0.0217. The fourth-order valence-electron chi connectivity index (χ4n) is 6.41. The number of aromatic nitrogens is 3. The smallest absolute Gasteiger partial charge is 0.271 e. The third-order valence-corrected chi connectivity index (χ3v) is 8.70. The Balaban J connectivity index is 1.12. The van der Waals surface area contributed by atoms with Crippen molar-refractivity contribution in [2.24, 2.45) is 5.73 Å². The Bertz CT molecular complexity index is 1960. The SMILES string of the molecule is NCc1cccc(-c2cccc(N3c4ncc(F)cc4C(=O)N(C4CCC(NC(=O)c5cn6cc(F)ccc6n5)CC4)C3O)c2)c1. The Morgan fingerprint density at radius 1 is 0.957 bits per heavy atom. The van der Waals surface area contributed by atoms with E-state index in [4.69, 9.17) is 5.73 Å². The van der Waals surface area contributed by atoms with Gasteiger partial charge in [-0.2, -0.15) is 0 Å². The maximum atomic E-state index is 14.4. The van der Waals surface area contributed by atoms with Crippen molar-refractivity contribution in [2.45, 2.75) is 50.7 Å². The third kappa shape index (κ3) is 5.46. The molecule has 2 aromatic carbocycles. The van der Waals surface area contributed by atoms with Crippen LogP contribution in [0.1, 0.15) is 52.1 Å². The largest absolute Gasteiger partial charge is 0.356 e. The number of aliphatic hydroxyl groups is 1. The van der Waals surface area contributed by atoms with E-state index in [1.165, 1.54) is 33.8 Å². The molecule has 0 spiro atoms. The fourth-order valence-corrected chi connectivity index (χ4v) is 6.41. The van der Waals surface area contributed by atoms with Gasteiger partial charge < -0.3 is 20.6 Å². The average molecular weight is 624 g/mol. The van der Waals surface area contributed by atoms with E-state index in [0.29, 0.717) is 43.6 Å². The number of carbonyl (C=O) groups is 2. The predicted molar refractivity (Wildman–Crippen MR) is 167 cm³/mol. The summed E-state index contributed by atoms with van der Waals surface area (Å²) >= 11 is 0. The van der Waals surface area contributed by atoms with Gasteiger partial charge in [-0.1, -0.05) is 30.3 Å². The van der Waals surface area contributed by atoms with Crippen LogP contribution in [-0.2, 0) is 6.54 Å². The van der Waals surface area contributed by atoms with Crippen LogP contribution in [-0.4, -0.2) is 54.6 Å². The van der Waals surface area contributed by atoms with E-state index >= 15 is 0 Å². The molecule has 2 aliphatic rings. The first-order chi connectivity index (χ1) is 22.3. The molecule has 2 amide bonds. The summed E-state index contributed by atoms with van der Waals surface area (Å²) in [4.78, 5) is 38.2. The fraction of sp³-hybridized carbons (Fsp3) is 0.235. The number of fused-ring (bicyclic) bond motifs is 2. The number of rotatable bonds is 6. The van der Waals surface area contributed by atoms with E-state index in [2.05, 4.69) is 15.3 Å². The molecule has 3 aromatic heterocycles. The highest BCUT2D eigenvalue weighted by molar-refractivity contribution is 6.02. The van der Waals surface area contributed by atoms with E-state index in [1.54, 1.807) is 4.90 Å². The van der Waals surface area contributed by atoms with Gasteiger partial charge in [-0.25, -0.2) is 18.7 Å². The highest BCUT2D eigenvalue weighted by Gasteiger charge is 2.43. The zero-order valence-corrected chi connectivity index (χ0v) is 24.7. The lowest BCUT2D eigenvalue weighted by Crippen LogP contribution is -2.59.